The van der Waals surface area contributed by atoms with E-state index < -0.39 is 35.6 Å². The van der Waals surface area contributed by atoms with Crippen LogP contribution in [-0.2, 0) is 19.1 Å². The number of carboxylic acids is 1. The molecule has 2 rings (SSSR count). The van der Waals surface area contributed by atoms with Crippen molar-refractivity contribution in [3.8, 4) is 0 Å². The fourth-order valence-corrected chi connectivity index (χ4v) is 2.80. The van der Waals surface area contributed by atoms with E-state index in [4.69, 9.17) is 10.8 Å². The Kier molecular flexibility index (Phi) is 6.49. The number of rotatable bonds is 6. The number of aliphatic carboxylic acids is 1. The normalized spacial score (nSPS) is 13.6. The van der Waals surface area contributed by atoms with E-state index in [1.807, 2.05) is 0 Å². The van der Waals surface area contributed by atoms with Crippen LogP contribution in [0.15, 0.2) is 54.6 Å². The quantitative estimate of drug-likeness (QED) is 0.718. The fraction of sp³-hybridized carbons (Fsp3) is 0.318. The van der Waals surface area contributed by atoms with Crippen molar-refractivity contribution in [2.45, 2.75) is 38.3 Å². The van der Waals surface area contributed by atoms with Crippen molar-refractivity contribution in [2.24, 2.45) is 0 Å². The number of amides is 1. The molecule has 1 amide bonds. The van der Waals surface area contributed by atoms with Gasteiger partial charge in [0.15, 0.2) is 6.04 Å². The number of carbonyl (C=O) groups excluding carboxylic acids is 2. The van der Waals surface area contributed by atoms with Gasteiger partial charge in [-0.1, -0.05) is 54.6 Å². The van der Waals surface area contributed by atoms with Crippen LogP contribution in [0.1, 0.15) is 50.8 Å². The smallest absolute Gasteiger partial charge is 0.408 e. The molecule has 0 aliphatic carbocycles. The molecule has 2 aromatic carbocycles. The van der Waals surface area contributed by atoms with Crippen molar-refractivity contribution in [3.63, 3.8) is 0 Å². The third kappa shape index (κ3) is 6.07. The number of esters is 1. The molecular weight excluding hydrogens is 374 g/mol. The van der Waals surface area contributed by atoms with Gasteiger partial charge >= 0.3 is 18.0 Å². The Morgan fingerprint density at radius 1 is 1.00 bits per heavy atom. The molecule has 0 fully saturated rings. The lowest BCUT2D eigenvalue weighted by Gasteiger charge is -2.23. The second-order valence-corrected chi connectivity index (χ2v) is 7.10. The van der Waals surface area contributed by atoms with Crippen LogP contribution in [0, 0.1) is 0 Å². The van der Waals surface area contributed by atoms with Gasteiger partial charge in [-0.25, -0.2) is 9.59 Å². The number of nitrogens with one attached hydrogen (secondary N) is 1. The molecule has 2 aromatic rings. The molecule has 154 valence electrons. The van der Waals surface area contributed by atoms with Crippen molar-refractivity contribution in [1.29, 1.82) is 0 Å². The van der Waals surface area contributed by atoms with E-state index in [1.54, 1.807) is 68.4 Å². The molecule has 0 radical (unpaired) electrons. The molecule has 0 saturated carbocycles. The van der Waals surface area contributed by atoms with Gasteiger partial charge in [-0.05, 0) is 37.4 Å². The zero-order valence-electron chi connectivity index (χ0n) is 17.5. The van der Waals surface area contributed by atoms with Gasteiger partial charge in [-0.3, -0.25) is 4.79 Å². The second-order valence-electron chi connectivity index (χ2n) is 7.10. The van der Waals surface area contributed by atoms with E-state index in [1.165, 1.54) is 7.11 Å². The summed E-state index contributed by atoms with van der Waals surface area (Å²) in [6.07, 6.45) is -0.862. The molecule has 0 aromatic heterocycles. The highest BCUT2D eigenvalue weighted by Crippen LogP contribution is 2.27. The summed E-state index contributed by atoms with van der Waals surface area (Å²) < 4.78 is 17.3. The average Bonchev–Trinajstić information content (AvgIpc) is 2.72. The minimum atomic E-state index is -1.14. The highest BCUT2D eigenvalue weighted by Gasteiger charge is 2.28. The van der Waals surface area contributed by atoms with Gasteiger partial charge in [0.2, 0.25) is 0 Å². The van der Waals surface area contributed by atoms with Crippen LogP contribution in [0.25, 0.3) is 0 Å². The Labute approximate surface area is 171 Å². The predicted octanol–water partition coefficient (Wildman–Crippen LogP) is 3.64. The molecule has 2 unspecified atom stereocenters. The van der Waals surface area contributed by atoms with Crippen LogP contribution >= 0.6 is 0 Å². The molecule has 0 spiro atoms. The number of alkyl carbamates (subject to hydrolysis) is 1. The maximum atomic E-state index is 12.2. The molecule has 7 nitrogen and oxygen atoms in total. The highest BCUT2D eigenvalue weighted by atomic mass is 16.6. The SMILES string of the molecule is [2H]CC(C)(C)OC(=O)NC(C(=O)OC)c1ccc(C(C(=O)O)c2ccccc2)cc1. The van der Waals surface area contributed by atoms with Gasteiger partial charge in [-0.15, -0.1) is 0 Å². The van der Waals surface area contributed by atoms with E-state index >= 15 is 0 Å². The Morgan fingerprint density at radius 2 is 1.55 bits per heavy atom. The van der Waals surface area contributed by atoms with Crippen molar-refractivity contribution < 1.29 is 30.3 Å². The predicted molar refractivity (Wildman–Crippen MR) is 106 cm³/mol. The molecule has 0 aliphatic rings. The first-order chi connectivity index (χ1) is 14.2. The maximum absolute atomic E-state index is 12.2. The van der Waals surface area contributed by atoms with E-state index in [0.717, 1.165) is 0 Å². The molecular formula is C22H25NO6. The molecule has 2 N–H and O–H groups in total. The lowest BCUT2D eigenvalue weighted by Crippen LogP contribution is -2.38. The summed E-state index contributed by atoms with van der Waals surface area (Å²) in [5.41, 5.74) is 0.544. The van der Waals surface area contributed by atoms with Crippen LogP contribution in [0.3, 0.4) is 0 Å². The molecule has 7 heteroatoms. The number of benzene rings is 2. The van der Waals surface area contributed by atoms with Crippen molar-refractivity contribution >= 4 is 18.0 Å². The summed E-state index contributed by atoms with van der Waals surface area (Å²) in [6.45, 7) is 3.02. The zero-order chi connectivity index (χ0) is 22.3. The molecule has 0 aliphatic heterocycles. The highest BCUT2D eigenvalue weighted by molar-refractivity contribution is 5.83. The van der Waals surface area contributed by atoms with Gasteiger partial charge in [0.05, 0.1) is 7.11 Å². The summed E-state index contributed by atoms with van der Waals surface area (Å²) in [7, 11) is 1.19. The van der Waals surface area contributed by atoms with Crippen molar-refractivity contribution in [2.75, 3.05) is 7.11 Å². The molecule has 0 bridgehead atoms. The average molecular weight is 400 g/mol. The molecule has 0 heterocycles. The minimum absolute atomic E-state index is 0.145. The van der Waals surface area contributed by atoms with Gasteiger partial charge < -0.3 is 19.9 Å². The Balaban J connectivity index is 2.28. The minimum Gasteiger partial charge on any atom is -0.481 e. The Bertz CT molecular complexity index is 882. The Morgan fingerprint density at radius 3 is 2.07 bits per heavy atom. The van der Waals surface area contributed by atoms with E-state index in [2.05, 4.69) is 5.32 Å². The first-order valence-corrected chi connectivity index (χ1v) is 8.92. The number of methoxy groups -OCH3 is 1. The third-order valence-corrected chi connectivity index (χ3v) is 4.05. The van der Waals surface area contributed by atoms with Gasteiger partial charge in [0.25, 0.3) is 0 Å². The molecule has 0 saturated heterocycles. The lowest BCUT2D eigenvalue weighted by molar-refractivity contribution is -0.143. The van der Waals surface area contributed by atoms with E-state index in [9.17, 15) is 19.5 Å². The number of carbonyl (C=O) groups is 3. The maximum Gasteiger partial charge on any atom is 0.408 e. The summed E-state index contributed by atoms with van der Waals surface area (Å²) in [5, 5.41) is 12.1. The van der Waals surface area contributed by atoms with Crippen LogP contribution in [0.2, 0.25) is 0 Å². The molecule has 29 heavy (non-hydrogen) atoms. The fourth-order valence-electron chi connectivity index (χ4n) is 2.80. The summed E-state index contributed by atoms with van der Waals surface area (Å²) in [4.78, 5) is 36.2. The lowest BCUT2D eigenvalue weighted by atomic mass is 9.90. The van der Waals surface area contributed by atoms with Gasteiger partial charge in [0.1, 0.15) is 11.5 Å². The monoisotopic (exact) mass is 400 g/mol. The van der Waals surface area contributed by atoms with Gasteiger partial charge in [0, 0.05) is 1.37 Å². The third-order valence-electron chi connectivity index (χ3n) is 4.05. The van der Waals surface area contributed by atoms with Crippen LogP contribution in [0.5, 0.6) is 0 Å². The number of carboxylic acid groups (broad SMARTS) is 1. The van der Waals surface area contributed by atoms with Crippen molar-refractivity contribution in [1.82, 2.24) is 5.32 Å². The van der Waals surface area contributed by atoms with Crippen molar-refractivity contribution in [3.05, 3.63) is 71.3 Å². The topological polar surface area (TPSA) is 102 Å². The summed E-state index contributed by atoms with van der Waals surface area (Å²) >= 11 is 0. The number of ether oxygens (including phenoxy) is 2. The van der Waals surface area contributed by atoms with E-state index in [-0.39, 0.29) is 6.90 Å². The number of hydrogen-bond donors (Lipinski definition) is 2. The first-order valence-electron chi connectivity index (χ1n) is 9.63. The van der Waals surface area contributed by atoms with Crippen LogP contribution in [0.4, 0.5) is 4.79 Å². The largest absolute Gasteiger partial charge is 0.481 e. The van der Waals surface area contributed by atoms with Gasteiger partial charge in [-0.2, -0.15) is 0 Å². The zero-order valence-corrected chi connectivity index (χ0v) is 16.5. The summed E-state index contributed by atoms with van der Waals surface area (Å²) in [5.74, 6) is -2.58. The standard InChI is InChI=1S/C22H25NO6/c1-22(2,3)29-21(27)23-18(20(26)28-4)16-12-10-15(11-13-16)17(19(24)25)14-8-6-5-7-9-14/h5-13,17-18H,1-4H3,(H,23,27)(H,24,25)/i1D. The van der Waals surface area contributed by atoms with Crippen LogP contribution < -0.4 is 5.32 Å². The van der Waals surface area contributed by atoms with Crippen LogP contribution in [-0.4, -0.2) is 35.8 Å². The molecule has 2 atom stereocenters. The van der Waals surface area contributed by atoms with E-state index in [0.29, 0.717) is 16.7 Å². The summed E-state index contributed by atoms with van der Waals surface area (Å²) in [6, 6.07) is 14.0. The Hall–Kier alpha value is -3.35. The number of hydrogen-bond acceptors (Lipinski definition) is 5. The first kappa shape index (κ1) is 20.4. The second kappa shape index (κ2) is 9.23.